The molecule has 1 aromatic carbocycles. The van der Waals surface area contributed by atoms with Crippen LogP contribution in [0, 0.1) is 0 Å². The molecule has 3 N–H and O–H groups in total. The Balaban J connectivity index is 1.52. The minimum atomic E-state index is -4.55. The van der Waals surface area contributed by atoms with Crippen LogP contribution in [-0.4, -0.2) is 51.1 Å². The SMILES string of the molecule is COc1cc(-c2ccnn2C)ccc1Nc1nc(NC2CCOCC2)c2c(C(F)(F)F)c[nH]c2n1. The molecule has 1 fully saturated rings. The number of anilines is 3. The van der Waals surface area contributed by atoms with Gasteiger partial charge < -0.3 is 25.1 Å². The van der Waals surface area contributed by atoms with E-state index in [1.807, 2.05) is 25.2 Å². The first kappa shape index (κ1) is 23.0. The van der Waals surface area contributed by atoms with Crippen molar-refractivity contribution in [2.24, 2.45) is 7.05 Å². The Morgan fingerprint density at radius 1 is 1.17 bits per heavy atom. The smallest absolute Gasteiger partial charge is 0.418 e. The Morgan fingerprint density at radius 3 is 2.66 bits per heavy atom. The molecule has 1 aliphatic rings. The molecule has 0 saturated carbocycles. The van der Waals surface area contributed by atoms with Crippen LogP contribution in [0.3, 0.4) is 0 Å². The number of hydrogen-bond acceptors (Lipinski definition) is 7. The zero-order valence-corrected chi connectivity index (χ0v) is 19.1. The Bertz CT molecular complexity index is 1340. The van der Waals surface area contributed by atoms with Crippen molar-refractivity contribution in [1.29, 1.82) is 0 Å². The van der Waals surface area contributed by atoms with Crippen LogP contribution in [0.15, 0.2) is 36.7 Å². The van der Waals surface area contributed by atoms with E-state index < -0.39 is 11.7 Å². The molecular weight excluding hydrogens is 463 g/mol. The van der Waals surface area contributed by atoms with Gasteiger partial charge in [0.15, 0.2) is 0 Å². The van der Waals surface area contributed by atoms with E-state index >= 15 is 0 Å². The lowest BCUT2D eigenvalue weighted by atomic mass is 10.1. The van der Waals surface area contributed by atoms with Gasteiger partial charge >= 0.3 is 6.18 Å². The fourth-order valence-corrected chi connectivity index (χ4v) is 4.18. The fourth-order valence-electron chi connectivity index (χ4n) is 4.18. The summed E-state index contributed by atoms with van der Waals surface area (Å²) in [7, 11) is 3.38. The number of ether oxygens (including phenoxy) is 2. The number of halogens is 3. The standard InChI is InChI=1S/C23H24F3N7O2/c1-33-17(5-8-28-33)13-3-4-16(18(11-13)34-2)30-22-31-20-19(15(12-27-20)23(24,25)26)21(32-22)29-14-6-9-35-10-7-14/h3-5,8,11-12,14H,6-7,9-10H2,1-2H3,(H3,27,29,30,31,32). The second kappa shape index (κ2) is 9.10. The summed E-state index contributed by atoms with van der Waals surface area (Å²) in [5.74, 6) is 0.770. The van der Waals surface area contributed by atoms with Crippen LogP contribution < -0.4 is 15.4 Å². The zero-order chi connectivity index (χ0) is 24.6. The van der Waals surface area contributed by atoms with Gasteiger partial charge in [-0.2, -0.15) is 28.2 Å². The number of benzene rings is 1. The number of hydrogen-bond donors (Lipinski definition) is 3. The first-order valence-corrected chi connectivity index (χ1v) is 11.1. The van der Waals surface area contributed by atoms with Crippen LogP contribution >= 0.6 is 0 Å². The molecule has 0 radical (unpaired) electrons. The Morgan fingerprint density at radius 2 is 1.97 bits per heavy atom. The fraction of sp³-hybridized carbons (Fsp3) is 0.348. The van der Waals surface area contributed by atoms with Gasteiger partial charge in [-0.05, 0) is 31.0 Å². The maximum Gasteiger partial charge on any atom is 0.418 e. The highest BCUT2D eigenvalue weighted by molar-refractivity contribution is 5.92. The van der Waals surface area contributed by atoms with Gasteiger partial charge in [-0.1, -0.05) is 6.07 Å². The van der Waals surface area contributed by atoms with E-state index in [4.69, 9.17) is 9.47 Å². The van der Waals surface area contributed by atoms with Gasteiger partial charge in [-0.15, -0.1) is 0 Å². The third-order valence-corrected chi connectivity index (χ3v) is 5.96. The summed E-state index contributed by atoms with van der Waals surface area (Å²) in [5, 5.41) is 10.4. The molecule has 1 aliphatic heterocycles. The number of fused-ring (bicyclic) bond motifs is 1. The van der Waals surface area contributed by atoms with Crippen molar-refractivity contribution in [3.05, 3.63) is 42.2 Å². The molecule has 184 valence electrons. The monoisotopic (exact) mass is 487 g/mol. The summed E-state index contributed by atoms with van der Waals surface area (Å²) >= 11 is 0. The van der Waals surface area contributed by atoms with Crippen LogP contribution in [0.2, 0.25) is 0 Å². The number of aryl methyl sites for hydroxylation is 1. The molecule has 5 rings (SSSR count). The van der Waals surface area contributed by atoms with Crippen molar-refractivity contribution in [3.63, 3.8) is 0 Å². The number of aromatic amines is 1. The molecular formula is C23H24F3N7O2. The first-order chi connectivity index (χ1) is 16.8. The summed E-state index contributed by atoms with van der Waals surface area (Å²) in [5.41, 5.74) is 1.63. The summed E-state index contributed by atoms with van der Waals surface area (Å²) < 4.78 is 53.7. The molecule has 0 bridgehead atoms. The van der Waals surface area contributed by atoms with Crippen molar-refractivity contribution < 1.29 is 22.6 Å². The molecule has 0 spiro atoms. The highest BCUT2D eigenvalue weighted by Crippen LogP contribution is 2.39. The first-order valence-electron chi connectivity index (χ1n) is 11.1. The van der Waals surface area contributed by atoms with Crippen LogP contribution in [-0.2, 0) is 18.0 Å². The summed E-state index contributed by atoms with van der Waals surface area (Å²) in [6.07, 6.45) is -0.586. The lowest BCUT2D eigenvalue weighted by Crippen LogP contribution is -2.28. The van der Waals surface area contributed by atoms with Crippen molar-refractivity contribution in [2.45, 2.75) is 25.1 Å². The molecule has 12 heteroatoms. The van der Waals surface area contributed by atoms with Gasteiger partial charge in [0.2, 0.25) is 5.95 Å². The Kier molecular flexibility index (Phi) is 5.97. The number of nitrogens with zero attached hydrogens (tertiary/aromatic N) is 4. The Hall–Kier alpha value is -3.80. The van der Waals surface area contributed by atoms with Crippen LogP contribution in [0.5, 0.6) is 5.75 Å². The third kappa shape index (κ3) is 4.61. The predicted octanol–water partition coefficient (Wildman–Crippen LogP) is 4.72. The van der Waals surface area contributed by atoms with Crippen molar-refractivity contribution in [2.75, 3.05) is 31.0 Å². The molecule has 3 aromatic heterocycles. The molecule has 9 nitrogen and oxygen atoms in total. The number of aromatic nitrogens is 5. The van der Waals surface area contributed by atoms with Crippen molar-refractivity contribution in [3.8, 4) is 17.0 Å². The van der Waals surface area contributed by atoms with Crippen LogP contribution in [0.25, 0.3) is 22.3 Å². The number of nitrogens with one attached hydrogen (secondary N) is 3. The molecule has 4 heterocycles. The minimum Gasteiger partial charge on any atom is -0.495 e. The molecule has 35 heavy (non-hydrogen) atoms. The van der Waals surface area contributed by atoms with Crippen LogP contribution in [0.1, 0.15) is 18.4 Å². The van der Waals surface area contributed by atoms with Gasteiger partial charge in [0.1, 0.15) is 17.2 Å². The highest BCUT2D eigenvalue weighted by atomic mass is 19.4. The van der Waals surface area contributed by atoms with Crippen molar-refractivity contribution in [1.82, 2.24) is 24.7 Å². The minimum absolute atomic E-state index is 0.0570. The van der Waals surface area contributed by atoms with E-state index in [0.29, 0.717) is 37.5 Å². The summed E-state index contributed by atoms with van der Waals surface area (Å²) in [6.45, 7) is 1.08. The van der Waals surface area contributed by atoms with Gasteiger partial charge in [-0.3, -0.25) is 4.68 Å². The maximum absolute atomic E-state index is 13.7. The topological polar surface area (TPSA) is 102 Å². The van der Waals surface area contributed by atoms with Gasteiger partial charge in [0.05, 0.1) is 29.4 Å². The third-order valence-electron chi connectivity index (χ3n) is 5.96. The van der Waals surface area contributed by atoms with E-state index in [9.17, 15) is 13.2 Å². The van der Waals surface area contributed by atoms with E-state index in [0.717, 1.165) is 17.5 Å². The average molecular weight is 487 g/mol. The van der Waals surface area contributed by atoms with E-state index in [-0.39, 0.29) is 28.8 Å². The largest absolute Gasteiger partial charge is 0.495 e. The number of methoxy groups -OCH3 is 1. The van der Waals surface area contributed by atoms with Gasteiger partial charge in [0, 0.05) is 44.3 Å². The molecule has 1 saturated heterocycles. The second-order valence-corrected chi connectivity index (χ2v) is 8.23. The molecule has 0 aliphatic carbocycles. The summed E-state index contributed by atoms with van der Waals surface area (Å²) in [6, 6.07) is 7.36. The molecule has 0 unspecified atom stereocenters. The maximum atomic E-state index is 13.7. The number of rotatable bonds is 6. The second-order valence-electron chi connectivity index (χ2n) is 8.23. The van der Waals surface area contributed by atoms with Crippen molar-refractivity contribution >= 4 is 28.5 Å². The van der Waals surface area contributed by atoms with Gasteiger partial charge in [0.25, 0.3) is 0 Å². The zero-order valence-electron chi connectivity index (χ0n) is 19.1. The highest BCUT2D eigenvalue weighted by Gasteiger charge is 2.36. The molecule has 4 aromatic rings. The van der Waals surface area contributed by atoms with E-state index in [2.05, 4.69) is 30.7 Å². The number of alkyl halides is 3. The molecule has 0 atom stereocenters. The van der Waals surface area contributed by atoms with E-state index in [1.54, 1.807) is 16.9 Å². The summed E-state index contributed by atoms with van der Waals surface area (Å²) in [4.78, 5) is 11.4. The van der Waals surface area contributed by atoms with Crippen LogP contribution in [0.4, 0.5) is 30.6 Å². The van der Waals surface area contributed by atoms with E-state index in [1.165, 1.54) is 7.11 Å². The normalized spacial score (nSPS) is 14.9. The predicted molar refractivity (Wildman–Crippen MR) is 125 cm³/mol. The molecule has 0 amide bonds. The number of H-pyrrole nitrogens is 1. The lowest BCUT2D eigenvalue weighted by Gasteiger charge is -2.24. The van der Waals surface area contributed by atoms with Gasteiger partial charge in [-0.25, -0.2) is 0 Å². The lowest BCUT2D eigenvalue weighted by molar-refractivity contribution is -0.136. The quantitative estimate of drug-likeness (QED) is 0.362. The average Bonchev–Trinajstić information content (AvgIpc) is 3.46. The Labute approximate surface area is 198 Å².